The summed E-state index contributed by atoms with van der Waals surface area (Å²) in [5.74, 6) is 4.44. The van der Waals surface area contributed by atoms with E-state index in [1.807, 2.05) is 0 Å². The molecule has 0 saturated heterocycles. The first-order valence-corrected chi connectivity index (χ1v) is 12.2. The monoisotopic (exact) mass is 466 g/mol. The molecule has 7 heteroatoms. The third-order valence-corrected chi connectivity index (χ3v) is 5.41. The van der Waals surface area contributed by atoms with Crippen LogP contribution in [0.15, 0.2) is 0 Å². The summed E-state index contributed by atoms with van der Waals surface area (Å²) in [6.07, 6.45) is 6.61. The fourth-order valence-corrected chi connectivity index (χ4v) is 3.52. The third-order valence-electron chi connectivity index (χ3n) is 5.41. The van der Waals surface area contributed by atoms with Crippen molar-refractivity contribution in [3.63, 3.8) is 0 Å². The molecule has 188 valence electrons. The summed E-state index contributed by atoms with van der Waals surface area (Å²) in [5, 5.41) is 0. The van der Waals surface area contributed by atoms with Gasteiger partial charge in [0.1, 0.15) is 11.2 Å². The highest BCUT2D eigenvalue weighted by Crippen LogP contribution is 2.32. The van der Waals surface area contributed by atoms with E-state index in [9.17, 15) is 19.2 Å². The molecule has 0 spiro atoms. The average Bonchev–Trinajstić information content (AvgIpc) is 2.74. The van der Waals surface area contributed by atoms with Gasteiger partial charge in [0, 0.05) is 19.8 Å². The van der Waals surface area contributed by atoms with Crippen LogP contribution < -0.4 is 0 Å². The number of carbonyl (C=O) groups excluding carboxylic acids is 4. The van der Waals surface area contributed by atoms with Gasteiger partial charge in [0.15, 0.2) is 6.10 Å². The van der Waals surface area contributed by atoms with Crippen molar-refractivity contribution in [3.05, 3.63) is 0 Å². The van der Waals surface area contributed by atoms with Crippen molar-refractivity contribution in [2.75, 3.05) is 13.2 Å². The van der Waals surface area contributed by atoms with Crippen molar-refractivity contribution < 1.29 is 33.4 Å². The first-order chi connectivity index (χ1) is 15.7. The van der Waals surface area contributed by atoms with Crippen LogP contribution in [-0.2, 0) is 33.4 Å². The molecule has 0 amide bonds. The van der Waals surface area contributed by atoms with E-state index < -0.39 is 23.5 Å². The normalized spacial score (nSPS) is 13.1. The van der Waals surface area contributed by atoms with Crippen molar-refractivity contribution >= 4 is 23.7 Å². The maximum atomic E-state index is 12.8. The lowest BCUT2D eigenvalue weighted by Crippen LogP contribution is -2.39. The average molecular weight is 467 g/mol. The second-order valence-electron chi connectivity index (χ2n) is 8.17. The lowest BCUT2D eigenvalue weighted by atomic mass is 9.76. The molecule has 0 aliphatic heterocycles. The van der Waals surface area contributed by atoms with Gasteiger partial charge in [-0.1, -0.05) is 50.9 Å². The van der Waals surface area contributed by atoms with Crippen LogP contribution in [0.2, 0.25) is 0 Å². The van der Waals surface area contributed by atoms with Crippen LogP contribution in [0.1, 0.15) is 105 Å². The van der Waals surface area contributed by atoms with Gasteiger partial charge in [0.2, 0.25) is 0 Å². The zero-order valence-corrected chi connectivity index (χ0v) is 21.1. The predicted octanol–water partition coefficient (Wildman–Crippen LogP) is 4.93. The Kier molecular flexibility index (Phi) is 16.8. The zero-order valence-electron chi connectivity index (χ0n) is 21.1. The Balaban J connectivity index is 5.20. The van der Waals surface area contributed by atoms with Crippen molar-refractivity contribution in [2.24, 2.45) is 5.41 Å². The standard InChI is InChI=1S/C26H42O7/c1-6-9-12-16-23(33-22(5)28)17-15-20-26(21(4)27,25(30)32-8-3)19-14-11-10-13-18-24(29)31-7-2/h23H,6-14,16,18-20H2,1-5H3/t23-,26?/m0/s1. The summed E-state index contributed by atoms with van der Waals surface area (Å²) in [6, 6.07) is 0. The van der Waals surface area contributed by atoms with Gasteiger partial charge in [-0.3, -0.25) is 19.2 Å². The smallest absolute Gasteiger partial charge is 0.320 e. The van der Waals surface area contributed by atoms with Gasteiger partial charge in [-0.2, -0.15) is 0 Å². The summed E-state index contributed by atoms with van der Waals surface area (Å²) < 4.78 is 15.4. The number of carbonyl (C=O) groups is 4. The van der Waals surface area contributed by atoms with Gasteiger partial charge in [-0.25, -0.2) is 0 Å². The number of esters is 3. The molecule has 0 aliphatic rings. The van der Waals surface area contributed by atoms with Crippen molar-refractivity contribution in [1.29, 1.82) is 0 Å². The number of ether oxygens (including phenoxy) is 3. The van der Waals surface area contributed by atoms with E-state index >= 15 is 0 Å². The number of hydrogen-bond donors (Lipinski definition) is 0. The van der Waals surface area contributed by atoms with Gasteiger partial charge < -0.3 is 14.2 Å². The summed E-state index contributed by atoms with van der Waals surface area (Å²) in [4.78, 5) is 48.2. The third kappa shape index (κ3) is 13.1. The van der Waals surface area contributed by atoms with Gasteiger partial charge in [-0.05, 0) is 46.5 Å². The number of hydrogen-bond acceptors (Lipinski definition) is 7. The minimum absolute atomic E-state index is 0.0233. The molecule has 0 aromatic heterocycles. The van der Waals surface area contributed by atoms with E-state index in [1.165, 1.54) is 13.8 Å². The van der Waals surface area contributed by atoms with Crippen LogP contribution in [-0.4, -0.2) is 43.0 Å². The van der Waals surface area contributed by atoms with E-state index in [2.05, 4.69) is 18.8 Å². The molecule has 0 aliphatic carbocycles. The largest absolute Gasteiger partial charge is 0.466 e. The molecule has 0 fully saturated rings. The van der Waals surface area contributed by atoms with E-state index in [0.717, 1.165) is 32.1 Å². The maximum Gasteiger partial charge on any atom is 0.320 e. The Morgan fingerprint density at radius 1 is 0.848 bits per heavy atom. The maximum absolute atomic E-state index is 12.8. The highest BCUT2D eigenvalue weighted by atomic mass is 16.5. The van der Waals surface area contributed by atoms with Crippen LogP contribution in [0.25, 0.3) is 0 Å². The van der Waals surface area contributed by atoms with Gasteiger partial charge >= 0.3 is 17.9 Å². The zero-order chi connectivity index (χ0) is 25.1. The quantitative estimate of drug-likeness (QED) is 0.0985. The number of Topliss-reactive ketones (excluding diaryl/α,β-unsaturated/α-hetero) is 1. The van der Waals surface area contributed by atoms with Crippen LogP contribution in [0, 0.1) is 17.3 Å². The number of unbranched alkanes of at least 4 members (excludes halogenated alkanes) is 5. The molecule has 0 bridgehead atoms. The lowest BCUT2D eigenvalue weighted by molar-refractivity contribution is -0.160. The molecule has 2 atom stereocenters. The summed E-state index contributed by atoms with van der Waals surface area (Å²) in [7, 11) is 0. The lowest BCUT2D eigenvalue weighted by Gasteiger charge is -2.27. The van der Waals surface area contributed by atoms with Gasteiger partial charge in [0.05, 0.1) is 13.2 Å². The SMILES string of the molecule is CCCCC[C@@H](C#CCC(CCCCCCC(=O)OCC)(C(C)=O)C(=O)OCC)OC(C)=O. The molecule has 0 aromatic rings. The van der Waals surface area contributed by atoms with E-state index in [-0.39, 0.29) is 24.8 Å². The van der Waals surface area contributed by atoms with Gasteiger partial charge in [0.25, 0.3) is 0 Å². The fraction of sp³-hybridized carbons (Fsp3) is 0.769. The molecule has 0 rings (SSSR count). The summed E-state index contributed by atoms with van der Waals surface area (Å²) in [5.41, 5.74) is -1.34. The van der Waals surface area contributed by atoms with Crippen molar-refractivity contribution in [1.82, 2.24) is 0 Å². The molecular formula is C26H42O7. The Labute approximate surface area is 199 Å². The van der Waals surface area contributed by atoms with Crippen molar-refractivity contribution in [3.8, 4) is 11.8 Å². The van der Waals surface area contributed by atoms with E-state index in [0.29, 0.717) is 38.7 Å². The predicted molar refractivity (Wildman–Crippen MR) is 126 cm³/mol. The second-order valence-corrected chi connectivity index (χ2v) is 8.17. The first kappa shape index (κ1) is 30.6. The minimum atomic E-state index is -1.34. The van der Waals surface area contributed by atoms with Crippen LogP contribution in [0.5, 0.6) is 0 Å². The molecule has 0 saturated carbocycles. The molecule has 7 nitrogen and oxygen atoms in total. The Hall–Kier alpha value is -2.36. The summed E-state index contributed by atoms with van der Waals surface area (Å²) in [6.45, 7) is 8.85. The van der Waals surface area contributed by atoms with Crippen LogP contribution >= 0.6 is 0 Å². The molecule has 0 aromatic carbocycles. The van der Waals surface area contributed by atoms with Gasteiger partial charge in [-0.15, -0.1) is 0 Å². The van der Waals surface area contributed by atoms with Crippen LogP contribution in [0.4, 0.5) is 0 Å². The molecule has 0 N–H and O–H groups in total. The second kappa shape index (κ2) is 18.1. The summed E-state index contributed by atoms with van der Waals surface area (Å²) >= 11 is 0. The number of rotatable bonds is 17. The molecular weight excluding hydrogens is 424 g/mol. The fourth-order valence-electron chi connectivity index (χ4n) is 3.52. The highest BCUT2D eigenvalue weighted by Gasteiger charge is 2.43. The molecule has 1 unspecified atom stereocenters. The minimum Gasteiger partial charge on any atom is -0.466 e. The number of ketones is 1. The molecule has 0 heterocycles. The Morgan fingerprint density at radius 2 is 1.52 bits per heavy atom. The molecule has 0 radical (unpaired) electrons. The van der Waals surface area contributed by atoms with Crippen molar-refractivity contribution in [2.45, 2.75) is 111 Å². The van der Waals surface area contributed by atoms with E-state index in [1.54, 1.807) is 13.8 Å². The first-order valence-electron chi connectivity index (χ1n) is 12.2. The highest BCUT2D eigenvalue weighted by molar-refractivity contribution is 6.03. The van der Waals surface area contributed by atoms with Crippen LogP contribution in [0.3, 0.4) is 0 Å². The topological polar surface area (TPSA) is 96.0 Å². The Morgan fingerprint density at radius 3 is 2.09 bits per heavy atom. The van der Waals surface area contributed by atoms with E-state index in [4.69, 9.17) is 14.2 Å². The molecule has 33 heavy (non-hydrogen) atoms. The Bertz CT molecular complexity index is 674.